The SMILES string of the molecule is CCC1COCCN1c1ccc(CNC(C)C)cc1F. The molecule has 0 spiro atoms. The molecule has 3 nitrogen and oxygen atoms in total. The van der Waals surface area contributed by atoms with Crippen LogP contribution in [-0.4, -0.2) is 31.8 Å². The van der Waals surface area contributed by atoms with Gasteiger partial charge in [0, 0.05) is 19.1 Å². The van der Waals surface area contributed by atoms with Crippen LogP contribution in [0, 0.1) is 5.82 Å². The summed E-state index contributed by atoms with van der Waals surface area (Å²) < 4.78 is 19.8. The van der Waals surface area contributed by atoms with Crippen molar-refractivity contribution < 1.29 is 9.13 Å². The number of rotatable bonds is 5. The van der Waals surface area contributed by atoms with Crippen molar-refractivity contribution >= 4 is 5.69 Å². The van der Waals surface area contributed by atoms with E-state index in [1.807, 2.05) is 12.1 Å². The number of halogens is 1. The summed E-state index contributed by atoms with van der Waals surface area (Å²) in [5, 5.41) is 3.31. The van der Waals surface area contributed by atoms with Crippen molar-refractivity contribution in [3.63, 3.8) is 0 Å². The predicted molar refractivity (Wildman–Crippen MR) is 80.6 cm³/mol. The second kappa shape index (κ2) is 7.04. The molecule has 112 valence electrons. The van der Waals surface area contributed by atoms with Gasteiger partial charge in [-0.05, 0) is 24.1 Å². The summed E-state index contributed by atoms with van der Waals surface area (Å²) in [5.74, 6) is -0.131. The van der Waals surface area contributed by atoms with Crippen LogP contribution in [-0.2, 0) is 11.3 Å². The van der Waals surface area contributed by atoms with Gasteiger partial charge in [-0.2, -0.15) is 0 Å². The van der Waals surface area contributed by atoms with E-state index < -0.39 is 0 Å². The molecule has 4 heteroatoms. The van der Waals surface area contributed by atoms with Gasteiger partial charge in [-0.25, -0.2) is 4.39 Å². The maximum absolute atomic E-state index is 14.4. The maximum atomic E-state index is 14.4. The molecule has 0 radical (unpaired) electrons. The summed E-state index contributed by atoms with van der Waals surface area (Å²) in [6, 6.07) is 6.24. The van der Waals surface area contributed by atoms with Crippen LogP contribution in [0.25, 0.3) is 0 Å². The monoisotopic (exact) mass is 280 g/mol. The average molecular weight is 280 g/mol. The number of anilines is 1. The summed E-state index contributed by atoms with van der Waals surface area (Å²) >= 11 is 0. The fourth-order valence-electron chi connectivity index (χ4n) is 2.53. The van der Waals surface area contributed by atoms with E-state index in [9.17, 15) is 4.39 Å². The number of morpholine rings is 1. The molecule has 1 aliphatic rings. The molecular weight excluding hydrogens is 255 g/mol. The largest absolute Gasteiger partial charge is 0.377 e. The standard InChI is InChI=1S/C16H25FN2O/c1-4-14-11-20-8-7-19(14)16-6-5-13(9-15(16)17)10-18-12(2)3/h5-6,9,12,14,18H,4,7-8,10-11H2,1-3H3. The smallest absolute Gasteiger partial charge is 0.146 e. The van der Waals surface area contributed by atoms with Gasteiger partial charge in [-0.3, -0.25) is 0 Å². The fourth-order valence-corrected chi connectivity index (χ4v) is 2.53. The predicted octanol–water partition coefficient (Wildman–Crippen LogP) is 2.94. The number of hydrogen-bond donors (Lipinski definition) is 1. The molecule has 0 saturated carbocycles. The zero-order chi connectivity index (χ0) is 14.5. The first-order chi connectivity index (χ1) is 9.61. The minimum absolute atomic E-state index is 0.131. The molecule has 1 aliphatic heterocycles. The molecule has 20 heavy (non-hydrogen) atoms. The van der Waals surface area contributed by atoms with Crippen molar-refractivity contribution in [2.45, 2.75) is 45.8 Å². The second-order valence-electron chi connectivity index (χ2n) is 5.65. The summed E-state index contributed by atoms with van der Waals surface area (Å²) in [7, 11) is 0. The van der Waals surface area contributed by atoms with Crippen LogP contribution >= 0.6 is 0 Å². The highest BCUT2D eigenvalue weighted by molar-refractivity contribution is 5.50. The van der Waals surface area contributed by atoms with E-state index in [2.05, 4.69) is 31.0 Å². The molecule has 1 N–H and O–H groups in total. The minimum atomic E-state index is -0.131. The lowest BCUT2D eigenvalue weighted by atomic mass is 10.1. The summed E-state index contributed by atoms with van der Waals surface area (Å²) in [5.41, 5.74) is 1.69. The number of nitrogens with one attached hydrogen (secondary N) is 1. The molecule has 1 heterocycles. The van der Waals surface area contributed by atoms with Crippen molar-refractivity contribution in [2.75, 3.05) is 24.7 Å². The van der Waals surface area contributed by atoms with Gasteiger partial charge in [0.05, 0.1) is 24.9 Å². The molecular formula is C16H25FN2O. The van der Waals surface area contributed by atoms with Crippen LogP contribution in [0.2, 0.25) is 0 Å². The Hall–Kier alpha value is -1.13. The molecule has 2 rings (SSSR count). The number of hydrogen-bond acceptors (Lipinski definition) is 3. The van der Waals surface area contributed by atoms with E-state index in [-0.39, 0.29) is 11.9 Å². The molecule has 0 bridgehead atoms. The molecule has 1 aromatic rings. The average Bonchev–Trinajstić information content (AvgIpc) is 2.45. The molecule has 1 fully saturated rings. The molecule has 1 unspecified atom stereocenters. The van der Waals surface area contributed by atoms with Crippen molar-refractivity contribution in [2.24, 2.45) is 0 Å². The molecule has 1 aromatic carbocycles. The molecule has 1 atom stereocenters. The van der Waals surface area contributed by atoms with Crippen molar-refractivity contribution in [3.8, 4) is 0 Å². The minimum Gasteiger partial charge on any atom is -0.377 e. The lowest BCUT2D eigenvalue weighted by Crippen LogP contribution is -2.45. The zero-order valence-corrected chi connectivity index (χ0v) is 12.7. The molecule has 0 amide bonds. The van der Waals surface area contributed by atoms with E-state index in [1.165, 1.54) is 0 Å². The van der Waals surface area contributed by atoms with Gasteiger partial charge in [0.2, 0.25) is 0 Å². The second-order valence-corrected chi connectivity index (χ2v) is 5.65. The van der Waals surface area contributed by atoms with Crippen molar-refractivity contribution in [1.29, 1.82) is 0 Å². The van der Waals surface area contributed by atoms with Gasteiger partial charge < -0.3 is 15.0 Å². The first-order valence-electron chi connectivity index (χ1n) is 7.48. The van der Waals surface area contributed by atoms with Gasteiger partial charge in [0.15, 0.2) is 0 Å². The van der Waals surface area contributed by atoms with Gasteiger partial charge in [-0.1, -0.05) is 26.8 Å². The Bertz CT molecular complexity index is 436. The summed E-state index contributed by atoms with van der Waals surface area (Å²) in [6.07, 6.45) is 0.968. The van der Waals surface area contributed by atoms with E-state index in [0.717, 1.165) is 18.5 Å². The number of benzene rings is 1. The Kier molecular flexibility index (Phi) is 5.38. The van der Waals surface area contributed by atoms with Gasteiger partial charge in [0.25, 0.3) is 0 Å². The van der Waals surface area contributed by atoms with E-state index in [0.29, 0.717) is 31.5 Å². The van der Waals surface area contributed by atoms with Gasteiger partial charge in [0.1, 0.15) is 5.82 Å². The van der Waals surface area contributed by atoms with Crippen LogP contribution in [0.3, 0.4) is 0 Å². The Balaban J connectivity index is 2.12. The van der Waals surface area contributed by atoms with Crippen molar-refractivity contribution in [3.05, 3.63) is 29.6 Å². The third-order valence-electron chi connectivity index (χ3n) is 3.73. The Morgan fingerprint density at radius 2 is 2.25 bits per heavy atom. The number of nitrogens with zero attached hydrogens (tertiary/aromatic N) is 1. The Morgan fingerprint density at radius 1 is 1.45 bits per heavy atom. The zero-order valence-electron chi connectivity index (χ0n) is 12.7. The van der Waals surface area contributed by atoms with Crippen LogP contribution in [0.5, 0.6) is 0 Å². The van der Waals surface area contributed by atoms with E-state index in [4.69, 9.17) is 4.74 Å². The molecule has 0 aromatic heterocycles. The molecule has 0 aliphatic carbocycles. The highest BCUT2D eigenvalue weighted by Gasteiger charge is 2.23. The van der Waals surface area contributed by atoms with Crippen LogP contribution in [0.1, 0.15) is 32.8 Å². The highest BCUT2D eigenvalue weighted by atomic mass is 19.1. The Labute approximate surface area is 121 Å². The lowest BCUT2D eigenvalue weighted by molar-refractivity contribution is 0.0926. The van der Waals surface area contributed by atoms with Crippen LogP contribution in [0.4, 0.5) is 10.1 Å². The van der Waals surface area contributed by atoms with E-state index >= 15 is 0 Å². The van der Waals surface area contributed by atoms with Crippen molar-refractivity contribution in [1.82, 2.24) is 5.32 Å². The molecule has 1 saturated heterocycles. The quantitative estimate of drug-likeness (QED) is 0.897. The fraction of sp³-hybridized carbons (Fsp3) is 0.625. The first-order valence-corrected chi connectivity index (χ1v) is 7.48. The maximum Gasteiger partial charge on any atom is 0.146 e. The van der Waals surface area contributed by atoms with Gasteiger partial charge >= 0.3 is 0 Å². The first kappa shape index (κ1) is 15.3. The topological polar surface area (TPSA) is 24.5 Å². The normalized spacial score (nSPS) is 19.6. The lowest BCUT2D eigenvalue weighted by Gasteiger charge is -2.37. The Morgan fingerprint density at radius 3 is 2.90 bits per heavy atom. The van der Waals surface area contributed by atoms with E-state index in [1.54, 1.807) is 6.07 Å². The van der Waals surface area contributed by atoms with Crippen LogP contribution in [0.15, 0.2) is 18.2 Å². The number of ether oxygens (including phenoxy) is 1. The van der Waals surface area contributed by atoms with Crippen LogP contribution < -0.4 is 10.2 Å². The summed E-state index contributed by atoms with van der Waals surface area (Å²) in [4.78, 5) is 2.14. The highest BCUT2D eigenvalue weighted by Crippen LogP contribution is 2.25. The third kappa shape index (κ3) is 3.70. The third-order valence-corrected chi connectivity index (χ3v) is 3.73. The summed E-state index contributed by atoms with van der Waals surface area (Å²) in [6.45, 7) is 9.12. The van der Waals surface area contributed by atoms with Gasteiger partial charge in [-0.15, -0.1) is 0 Å².